The highest BCUT2D eigenvalue weighted by Gasteiger charge is 2.20. The van der Waals surface area contributed by atoms with Crippen molar-refractivity contribution in [2.45, 2.75) is 31.7 Å². The van der Waals surface area contributed by atoms with Gasteiger partial charge in [-0.1, -0.05) is 6.42 Å². The van der Waals surface area contributed by atoms with Gasteiger partial charge >= 0.3 is 0 Å². The second kappa shape index (κ2) is 5.83. The van der Waals surface area contributed by atoms with Crippen LogP contribution >= 0.6 is 0 Å². The first-order valence-corrected chi connectivity index (χ1v) is 6.40. The van der Waals surface area contributed by atoms with Crippen LogP contribution in [0.2, 0.25) is 0 Å². The van der Waals surface area contributed by atoms with Crippen molar-refractivity contribution in [3.8, 4) is 0 Å². The molecule has 1 atom stereocenters. The topological polar surface area (TPSA) is 112 Å². The van der Waals surface area contributed by atoms with E-state index in [1.54, 1.807) is 4.90 Å². The Bertz CT molecular complexity index is 563. The van der Waals surface area contributed by atoms with Crippen LogP contribution in [0.4, 0.5) is 0 Å². The van der Waals surface area contributed by atoms with E-state index in [4.69, 9.17) is 5.73 Å². The number of nitrogens with zero attached hydrogens (tertiary/aromatic N) is 1. The van der Waals surface area contributed by atoms with Gasteiger partial charge in [-0.3, -0.25) is 24.6 Å². The molecule has 7 heteroatoms. The maximum absolute atomic E-state index is 12.1. The van der Waals surface area contributed by atoms with Crippen molar-refractivity contribution in [3.63, 3.8) is 0 Å². The highest BCUT2D eigenvalue weighted by Crippen LogP contribution is 2.10. The SMILES string of the molecule is NC1CCCCN(C(=O)Cc2cc(=O)[nH][nH]c2=O)C1. The fourth-order valence-electron chi connectivity index (χ4n) is 2.27. The zero-order valence-corrected chi connectivity index (χ0v) is 10.6. The number of likely N-dealkylation sites (tertiary alicyclic amines) is 1. The first kappa shape index (κ1) is 13.5. The van der Waals surface area contributed by atoms with Gasteiger partial charge in [-0.25, -0.2) is 0 Å². The van der Waals surface area contributed by atoms with Gasteiger partial charge in [0.25, 0.3) is 11.1 Å². The van der Waals surface area contributed by atoms with E-state index in [-0.39, 0.29) is 23.9 Å². The lowest BCUT2D eigenvalue weighted by molar-refractivity contribution is -0.130. The molecule has 1 aromatic rings. The number of nitrogens with two attached hydrogens (primary N) is 1. The molecule has 7 nitrogen and oxygen atoms in total. The predicted octanol–water partition coefficient (Wildman–Crippen LogP) is -1.05. The normalized spacial score (nSPS) is 20.1. The Balaban J connectivity index is 2.09. The second-order valence-corrected chi connectivity index (χ2v) is 4.89. The molecule has 0 radical (unpaired) electrons. The van der Waals surface area contributed by atoms with Crippen LogP contribution in [0, 0.1) is 0 Å². The molecule has 2 rings (SSSR count). The number of carbonyl (C=O) groups excluding carboxylic acids is 1. The predicted molar refractivity (Wildman–Crippen MR) is 69.8 cm³/mol. The van der Waals surface area contributed by atoms with E-state index < -0.39 is 11.1 Å². The maximum Gasteiger partial charge on any atom is 0.266 e. The molecule has 2 heterocycles. The third-order valence-corrected chi connectivity index (χ3v) is 3.30. The Morgan fingerprint density at radius 2 is 2.16 bits per heavy atom. The standard InChI is InChI=1S/C12H18N4O3/c13-9-3-1-2-4-16(7-9)11(18)6-8-5-10(17)14-15-12(8)19/h5,9H,1-4,6-7,13H2,(H,14,17)(H,15,19). The van der Waals surface area contributed by atoms with Crippen molar-refractivity contribution in [2.24, 2.45) is 5.73 Å². The summed E-state index contributed by atoms with van der Waals surface area (Å²) < 4.78 is 0. The van der Waals surface area contributed by atoms with Gasteiger partial charge in [-0.2, -0.15) is 0 Å². The molecule has 1 unspecified atom stereocenters. The summed E-state index contributed by atoms with van der Waals surface area (Å²) in [4.78, 5) is 36.5. The molecule has 1 amide bonds. The number of carbonyl (C=O) groups is 1. The van der Waals surface area contributed by atoms with Gasteiger partial charge in [0.05, 0.1) is 6.42 Å². The Morgan fingerprint density at radius 1 is 1.37 bits per heavy atom. The van der Waals surface area contributed by atoms with Gasteiger partial charge in [0.1, 0.15) is 0 Å². The van der Waals surface area contributed by atoms with Crippen LogP contribution in [0.15, 0.2) is 15.7 Å². The number of nitrogens with one attached hydrogen (secondary N) is 2. The summed E-state index contributed by atoms with van der Waals surface area (Å²) in [5, 5.41) is 4.38. The van der Waals surface area contributed by atoms with Crippen LogP contribution < -0.4 is 16.9 Å². The summed E-state index contributed by atoms with van der Waals surface area (Å²) in [5.74, 6) is -0.159. The molecule has 104 valence electrons. The molecule has 1 aliphatic heterocycles. The molecule has 1 fully saturated rings. The average Bonchev–Trinajstić information content (AvgIpc) is 2.58. The Labute approximate surface area is 109 Å². The lowest BCUT2D eigenvalue weighted by Crippen LogP contribution is -2.41. The minimum Gasteiger partial charge on any atom is -0.341 e. The van der Waals surface area contributed by atoms with Crippen LogP contribution in [0.3, 0.4) is 0 Å². The Morgan fingerprint density at radius 3 is 2.95 bits per heavy atom. The maximum atomic E-state index is 12.1. The first-order chi connectivity index (χ1) is 9.06. The van der Waals surface area contributed by atoms with Crippen molar-refractivity contribution in [3.05, 3.63) is 32.3 Å². The molecule has 0 bridgehead atoms. The zero-order valence-electron chi connectivity index (χ0n) is 10.6. The molecular formula is C12H18N4O3. The van der Waals surface area contributed by atoms with Crippen molar-refractivity contribution < 1.29 is 4.79 Å². The van der Waals surface area contributed by atoms with E-state index in [2.05, 4.69) is 10.2 Å². The highest BCUT2D eigenvalue weighted by molar-refractivity contribution is 5.78. The quantitative estimate of drug-likeness (QED) is 0.633. The second-order valence-electron chi connectivity index (χ2n) is 4.89. The summed E-state index contributed by atoms with van der Waals surface area (Å²) in [6.07, 6.45) is 2.78. The highest BCUT2D eigenvalue weighted by atomic mass is 16.2. The fraction of sp³-hybridized carbons (Fsp3) is 0.583. The fourth-order valence-corrected chi connectivity index (χ4v) is 2.27. The number of aromatic amines is 2. The van der Waals surface area contributed by atoms with Gasteiger partial charge in [0, 0.05) is 30.8 Å². The largest absolute Gasteiger partial charge is 0.341 e. The third-order valence-electron chi connectivity index (χ3n) is 3.30. The van der Waals surface area contributed by atoms with Gasteiger partial charge in [0.15, 0.2) is 0 Å². The van der Waals surface area contributed by atoms with E-state index in [1.165, 1.54) is 0 Å². The molecule has 0 spiro atoms. The van der Waals surface area contributed by atoms with E-state index in [1.807, 2.05) is 0 Å². The van der Waals surface area contributed by atoms with Crippen molar-refractivity contribution in [2.75, 3.05) is 13.1 Å². The average molecular weight is 266 g/mol. The molecule has 1 aromatic heterocycles. The van der Waals surface area contributed by atoms with Gasteiger partial charge in [-0.15, -0.1) is 0 Å². The van der Waals surface area contributed by atoms with Crippen molar-refractivity contribution >= 4 is 5.91 Å². The molecule has 1 saturated heterocycles. The van der Waals surface area contributed by atoms with Gasteiger partial charge in [-0.05, 0) is 12.8 Å². The molecule has 1 aliphatic rings. The van der Waals surface area contributed by atoms with Gasteiger partial charge in [0.2, 0.25) is 5.91 Å². The molecule has 19 heavy (non-hydrogen) atoms. The Hall–Kier alpha value is -1.89. The summed E-state index contributed by atoms with van der Waals surface area (Å²) in [6, 6.07) is 1.15. The summed E-state index contributed by atoms with van der Waals surface area (Å²) in [6.45, 7) is 1.17. The number of H-pyrrole nitrogens is 2. The zero-order chi connectivity index (χ0) is 13.8. The monoisotopic (exact) mass is 266 g/mol. The lowest BCUT2D eigenvalue weighted by atomic mass is 10.1. The van der Waals surface area contributed by atoms with E-state index >= 15 is 0 Å². The minimum atomic E-state index is -0.438. The van der Waals surface area contributed by atoms with Crippen molar-refractivity contribution in [1.82, 2.24) is 15.1 Å². The number of rotatable bonds is 2. The van der Waals surface area contributed by atoms with Gasteiger partial charge < -0.3 is 10.6 Å². The summed E-state index contributed by atoms with van der Waals surface area (Å²) >= 11 is 0. The summed E-state index contributed by atoms with van der Waals surface area (Å²) in [7, 11) is 0. The van der Waals surface area contributed by atoms with E-state index in [0.29, 0.717) is 13.1 Å². The smallest absolute Gasteiger partial charge is 0.266 e. The first-order valence-electron chi connectivity index (χ1n) is 6.40. The van der Waals surface area contributed by atoms with Crippen LogP contribution in [-0.4, -0.2) is 40.1 Å². The molecule has 0 aliphatic carbocycles. The van der Waals surface area contributed by atoms with Crippen LogP contribution in [0.5, 0.6) is 0 Å². The number of hydrogen-bond acceptors (Lipinski definition) is 4. The molecule has 4 N–H and O–H groups in total. The minimum absolute atomic E-state index is 0.0103. The van der Waals surface area contributed by atoms with E-state index in [0.717, 1.165) is 25.3 Å². The van der Waals surface area contributed by atoms with Crippen molar-refractivity contribution in [1.29, 1.82) is 0 Å². The molecule has 0 aromatic carbocycles. The molecule has 0 saturated carbocycles. The molecular weight excluding hydrogens is 248 g/mol. The Kier molecular flexibility index (Phi) is 4.16. The van der Waals surface area contributed by atoms with Crippen LogP contribution in [0.25, 0.3) is 0 Å². The third kappa shape index (κ3) is 3.54. The lowest BCUT2D eigenvalue weighted by Gasteiger charge is -2.22. The van der Waals surface area contributed by atoms with E-state index in [9.17, 15) is 14.4 Å². The number of aromatic nitrogens is 2. The van der Waals surface area contributed by atoms with Crippen LogP contribution in [-0.2, 0) is 11.2 Å². The van der Waals surface area contributed by atoms with Crippen LogP contribution in [0.1, 0.15) is 24.8 Å². The summed E-state index contributed by atoms with van der Waals surface area (Å²) in [5.41, 5.74) is 5.22. The number of hydrogen-bond donors (Lipinski definition) is 3. The number of amides is 1.